The second-order valence-electron chi connectivity index (χ2n) is 3.53. The zero-order chi connectivity index (χ0) is 9.47. The summed E-state index contributed by atoms with van der Waals surface area (Å²) < 4.78 is 0. The molecule has 2 rings (SSSR count). The Balaban J connectivity index is 2.59. The number of aliphatic hydroxyl groups is 1. The van der Waals surface area contributed by atoms with Crippen LogP contribution < -0.4 is 5.73 Å². The summed E-state index contributed by atoms with van der Waals surface area (Å²) in [6.45, 7) is 3.64. The molecule has 1 aliphatic rings. The van der Waals surface area contributed by atoms with Gasteiger partial charge in [0.05, 0.1) is 0 Å². The molecule has 0 heterocycles. The fourth-order valence-electron chi connectivity index (χ4n) is 1.96. The van der Waals surface area contributed by atoms with E-state index in [9.17, 15) is 5.11 Å². The van der Waals surface area contributed by atoms with Crippen molar-refractivity contribution in [3.05, 3.63) is 48.0 Å². The number of hydrogen-bond donors (Lipinski definition) is 2. The first-order chi connectivity index (χ1) is 6.17. The molecule has 2 atom stereocenters. The molecule has 0 aromatic heterocycles. The van der Waals surface area contributed by atoms with E-state index >= 15 is 0 Å². The quantitative estimate of drug-likeness (QED) is 0.635. The highest BCUT2D eigenvalue weighted by molar-refractivity contribution is 5.42. The zero-order valence-electron chi connectivity index (χ0n) is 7.40. The van der Waals surface area contributed by atoms with Gasteiger partial charge in [0.1, 0.15) is 5.60 Å². The summed E-state index contributed by atoms with van der Waals surface area (Å²) >= 11 is 0. The van der Waals surface area contributed by atoms with Crippen LogP contribution in [0, 0.1) is 0 Å². The smallest absolute Gasteiger partial charge is 0.110 e. The summed E-state index contributed by atoms with van der Waals surface area (Å²) in [5.41, 5.74) is 6.90. The minimum absolute atomic E-state index is 0.0702. The summed E-state index contributed by atoms with van der Waals surface area (Å²) in [5, 5.41) is 10.1. The summed E-state index contributed by atoms with van der Waals surface area (Å²) in [4.78, 5) is 0. The third-order valence-electron chi connectivity index (χ3n) is 2.70. The van der Waals surface area contributed by atoms with Crippen molar-refractivity contribution in [3.63, 3.8) is 0 Å². The number of benzene rings is 1. The Labute approximate surface area is 77.7 Å². The standard InChI is InChI=1S/C11H13NO/c1-2-11(13)7-10(12)8-5-3-4-6-9(8)11/h2-6,10,13H,1,7,12H2. The van der Waals surface area contributed by atoms with Crippen molar-refractivity contribution < 1.29 is 5.11 Å². The molecule has 0 spiro atoms. The van der Waals surface area contributed by atoms with Crippen molar-refractivity contribution in [3.8, 4) is 0 Å². The molecule has 0 amide bonds. The summed E-state index contributed by atoms with van der Waals surface area (Å²) in [6.07, 6.45) is 2.11. The molecule has 2 heteroatoms. The van der Waals surface area contributed by atoms with Gasteiger partial charge in [0.15, 0.2) is 0 Å². The van der Waals surface area contributed by atoms with Crippen LogP contribution in [0.25, 0.3) is 0 Å². The second-order valence-corrected chi connectivity index (χ2v) is 3.53. The maximum absolute atomic E-state index is 10.1. The van der Waals surface area contributed by atoms with E-state index in [1.807, 2.05) is 24.3 Å². The van der Waals surface area contributed by atoms with Crippen molar-refractivity contribution >= 4 is 0 Å². The highest BCUT2D eigenvalue weighted by Crippen LogP contribution is 2.42. The van der Waals surface area contributed by atoms with E-state index in [1.165, 1.54) is 0 Å². The molecule has 13 heavy (non-hydrogen) atoms. The molecule has 68 valence electrons. The Morgan fingerprint density at radius 1 is 1.54 bits per heavy atom. The van der Waals surface area contributed by atoms with E-state index in [2.05, 4.69) is 6.58 Å². The average Bonchev–Trinajstić information content (AvgIpc) is 2.42. The third kappa shape index (κ3) is 1.10. The molecule has 1 aromatic carbocycles. The highest BCUT2D eigenvalue weighted by atomic mass is 16.3. The fraction of sp³-hybridized carbons (Fsp3) is 0.273. The lowest BCUT2D eigenvalue weighted by atomic mass is 9.96. The van der Waals surface area contributed by atoms with Gasteiger partial charge in [-0.15, -0.1) is 0 Å². The molecule has 0 bridgehead atoms. The van der Waals surface area contributed by atoms with E-state index in [1.54, 1.807) is 6.08 Å². The monoisotopic (exact) mass is 175 g/mol. The van der Waals surface area contributed by atoms with Gasteiger partial charge in [-0.1, -0.05) is 36.9 Å². The number of nitrogens with two attached hydrogens (primary N) is 1. The van der Waals surface area contributed by atoms with Crippen molar-refractivity contribution in [1.82, 2.24) is 0 Å². The second kappa shape index (κ2) is 2.69. The Morgan fingerprint density at radius 3 is 2.92 bits per heavy atom. The lowest BCUT2D eigenvalue weighted by Gasteiger charge is -2.18. The lowest BCUT2D eigenvalue weighted by Crippen LogP contribution is -2.19. The third-order valence-corrected chi connectivity index (χ3v) is 2.70. The normalized spacial score (nSPS) is 31.4. The van der Waals surface area contributed by atoms with Crippen LogP contribution in [0.3, 0.4) is 0 Å². The molecular weight excluding hydrogens is 162 g/mol. The molecule has 0 saturated heterocycles. The van der Waals surface area contributed by atoms with Crippen LogP contribution in [-0.2, 0) is 5.60 Å². The van der Waals surface area contributed by atoms with Crippen molar-refractivity contribution in [2.24, 2.45) is 5.73 Å². The molecule has 0 fully saturated rings. The van der Waals surface area contributed by atoms with Crippen LogP contribution in [0.2, 0.25) is 0 Å². The lowest BCUT2D eigenvalue weighted by molar-refractivity contribution is 0.0866. The summed E-state index contributed by atoms with van der Waals surface area (Å²) in [7, 11) is 0. The molecule has 3 N–H and O–H groups in total. The predicted octanol–water partition coefficient (Wildman–Crippen LogP) is 1.46. The minimum Gasteiger partial charge on any atom is -0.381 e. The zero-order valence-corrected chi connectivity index (χ0v) is 7.40. The maximum atomic E-state index is 10.1. The number of fused-ring (bicyclic) bond motifs is 1. The first-order valence-corrected chi connectivity index (χ1v) is 4.38. The molecule has 2 nitrogen and oxygen atoms in total. The van der Waals surface area contributed by atoms with Crippen molar-refractivity contribution in [2.75, 3.05) is 0 Å². The fourth-order valence-corrected chi connectivity index (χ4v) is 1.96. The number of rotatable bonds is 1. The molecular formula is C11H13NO. The number of hydrogen-bond acceptors (Lipinski definition) is 2. The van der Waals surface area contributed by atoms with Gasteiger partial charge in [0.25, 0.3) is 0 Å². The van der Waals surface area contributed by atoms with Gasteiger partial charge in [-0.3, -0.25) is 0 Å². The van der Waals surface area contributed by atoms with E-state index in [0.29, 0.717) is 6.42 Å². The van der Waals surface area contributed by atoms with Crippen molar-refractivity contribution in [2.45, 2.75) is 18.1 Å². The van der Waals surface area contributed by atoms with Crippen LogP contribution in [0.4, 0.5) is 0 Å². The predicted molar refractivity (Wildman–Crippen MR) is 52.1 cm³/mol. The molecule has 1 aromatic rings. The van der Waals surface area contributed by atoms with E-state index < -0.39 is 5.60 Å². The summed E-state index contributed by atoms with van der Waals surface area (Å²) in [5.74, 6) is 0. The van der Waals surface area contributed by atoms with Crippen LogP contribution in [0.1, 0.15) is 23.6 Å². The molecule has 2 unspecified atom stereocenters. The van der Waals surface area contributed by atoms with E-state index in [0.717, 1.165) is 11.1 Å². The van der Waals surface area contributed by atoms with Gasteiger partial charge in [-0.25, -0.2) is 0 Å². The SMILES string of the molecule is C=CC1(O)CC(N)c2ccccc21. The molecule has 1 aliphatic carbocycles. The molecule has 0 radical (unpaired) electrons. The minimum atomic E-state index is -0.921. The van der Waals surface area contributed by atoms with Crippen LogP contribution in [0.5, 0.6) is 0 Å². The van der Waals surface area contributed by atoms with Crippen molar-refractivity contribution in [1.29, 1.82) is 0 Å². The first-order valence-electron chi connectivity index (χ1n) is 4.38. The topological polar surface area (TPSA) is 46.2 Å². The van der Waals surface area contributed by atoms with Gasteiger partial charge in [0.2, 0.25) is 0 Å². The largest absolute Gasteiger partial charge is 0.381 e. The highest BCUT2D eigenvalue weighted by Gasteiger charge is 2.37. The van der Waals surface area contributed by atoms with Gasteiger partial charge >= 0.3 is 0 Å². The van der Waals surface area contributed by atoms with Gasteiger partial charge in [0, 0.05) is 12.5 Å². The Morgan fingerprint density at radius 2 is 2.23 bits per heavy atom. The molecule has 0 saturated carbocycles. The van der Waals surface area contributed by atoms with Gasteiger partial charge < -0.3 is 10.8 Å². The maximum Gasteiger partial charge on any atom is 0.110 e. The van der Waals surface area contributed by atoms with E-state index in [-0.39, 0.29) is 6.04 Å². The van der Waals surface area contributed by atoms with Crippen LogP contribution in [-0.4, -0.2) is 5.11 Å². The molecule has 0 aliphatic heterocycles. The van der Waals surface area contributed by atoms with E-state index in [4.69, 9.17) is 5.73 Å². The first kappa shape index (κ1) is 8.48. The Kier molecular flexibility index (Phi) is 1.75. The van der Waals surface area contributed by atoms with Gasteiger partial charge in [-0.2, -0.15) is 0 Å². The Bertz CT molecular complexity index is 348. The Hall–Kier alpha value is -1.12. The average molecular weight is 175 g/mol. The van der Waals surface area contributed by atoms with Gasteiger partial charge in [-0.05, 0) is 11.1 Å². The van der Waals surface area contributed by atoms with Crippen LogP contribution in [0.15, 0.2) is 36.9 Å². The van der Waals surface area contributed by atoms with Crippen LogP contribution >= 0.6 is 0 Å². The summed E-state index contributed by atoms with van der Waals surface area (Å²) in [6, 6.07) is 7.64.